The highest BCUT2D eigenvalue weighted by atomic mass is 16.6. The summed E-state index contributed by atoms with van der Waals surface area (Å²) in [5, 5.41) is 0. The standard InChI is InChI=1S/C14H17N3O3/c1-14(2,3)20-13(19)12(17-15)11(18)8-7-10-6-4-5-9-16-10/h4-6,9H,7-8H2,1-3H3. The maximum atomic E-state index is 11.9. The van der Waals surface area contributed by atoms with Gasteiger partial charge in [0.25, 0.3) is 5.78 Å². The van der Waals surface area contributed by atoms with E-state index in [-0.39, 0.29) is 6.42 Å². The van der Waals surface area contributed by atoms with Gasteiger partial charge in [0.1, 0.15) is 5.60 Å². The number of rotatable bonds is 5. The van der Waals surface area contributed by atoms with Crippen molar-refractivity contribution in [3.63, 3.8) is 0 Å². The molecule has 0 radical (unpaired) electrons. The van der Waals surface area contributed by atoms with Gasteiger partial charge in [-0.1, -0.05) is 6.07 Å². The van der Waals surface area contributed by atoms with Gasteiger partial charge in [0.05, 0.1) is 0 Å². The minimum absolute atomic E-state index is 0.0235. The molecule has 0 bridgehead atoms. The Morgan fingerprint density at radius 1 is 1.35 bits per heavy atom. The molecule has 0 saturated carbocycles. The van der Waals surface area contributed by atoms with Gasteiger partial charge in [0, 0.05) is 18.3 Å². The summed E-state index contributed by atoms with van der Waals surface area (Å²) in [4.78, 5) is 30.4. The van der Waals surface area contributed by atoms with Crippen LogP contribution in [0.4, 0.5) is 0 Å². The average molecular weight is 275 g/mol. The number of aryl methyl sites for hydroxylation is 1. The molecule has 0 amide bonds. The molecule has 1 aromatic rings. The highest BCUT2D eigenvalue weighted by molar-refractivity contribution is 6.62. The second kappa shape index (κ2) is 6.73. The minimum Gasteiger partial charge on any atom is -0.451 e. The highest BCUT2D eigenvalue weighted by Crippen LogP contribution is 2.08. The van der Waals surface area contributed by atoms with Gasteiger partial charge in [0.15, 0.2) is 0 Å². The van der Waals surface area contributed by atoms with E-state index in [9.17, 15) is 9.59 Å². The fourth-order valence-corrected chi connectivity index (χ4v) is 1.44. The smallest absolute Gasteiger partial charge is 0.441 e. The first-order valence-corrected chi connectivity index (χ1v) is 6.22. The zero-order valence-electron chi connectivity index (χ0n) is 11.8. The van der Waals surface area contributed by atoms with Crippen molar-refractivity contribution in [1.82, 2.24) is 4.98 Å². The summed E-state index contributed by atoms with van der Waals surface area (Å²) >= 11 is 0. The van der Waals surface area contributed by atoms with Crippen LogP contribution in [-0.4, -0.2) is 32.8 Å². The number of nitrogens with zero attached hydrogens (tertiary/aromatic N) is 3. The van der Waals surface area contributed by atoms with Crippen molar-refractivity contribution in [2.24, 2.45) is 0 Å². The van der Waals surface area contributed by atoms with Crippen LogP contribution in [0.2, 0.25) is 0 Å². The van der Waals surface area contributed by atoms with Crippen LogP contribution in [-0.2, 0) is 20.7 Å². The van der Waals surface area contributed by atoms with Gasteiger partial charge >= 0.3 is 11.7 Å². The zero-order valence-corrected chi connectivity index (χ0v) is 11.8. The Morgan fingerprint density at radius 3 is 2.55 bits per heavy atom. The van der Waals surface area contributed by atoms with Crippen LogP contribution in [0.25, 0.3) is 5.53 Å². The van der Waals surface area contributed by atoms with Crippen LogP contribution < -0.4 is 0 Å². The third-order valence-electron chi connectivity index (χ3n) is 2.29. The van der Waals surface area contributed by atoms with Gasteiger partial charge in [-0.2, -0.15) is 4.79 Å². The zero-order chi connectivity index (χ0) is 15.2. The number of hydrogen-bond acceptors (Lipinski definition) is 4. The fraction of sp³-hybridized carbons (Fsp3) is 0.429. The van der Waals surface area contributed by atoms with E-state index in [4.69, 9.17) is 10.3 Å². The average Bonchev–Trinajstić information content (AvgIpc) is 2.36. The van der Waals surface area contributed by atoms with Crippen molar-refractivity contribution in [3.05, 3.63) is 35.6 Å². The molecule has 0 unspecified atom stereocenters. The second-order valence-corrected chi connectivity index (χ2v) is 5.19. The first-order chi connectivity index (χ1) is 9.33. The number of ether oxygens (including phenoxy) is 1. The van der Waals surface area contributed by atoms with Crippen LogP contribution >= 0.6 is 0 Å². The molecule has 0 aliphatic carbocycles. The van der Waals surface area contributed by atoms with Gasteiger partial charge < -0.3 is 10.3 Å². The van der Waals surface area contributed by atoms with E-state index in [0.717, 1.165) is 5.69 Å². The lowest BCUT2D eigenvalue weighted by Gasteiger charge is -2.17. The summed E-state index contributed by atoms with van der Waals surface area (Å²) in [6.07, 6.45) is 2.01. The molecule has 6 heteroatoms. The Hall–Kier alpha value is -2.33. The summed E-state index contributed by atoms with van der Waals surface area (Å²) in [6.45, 7) is 4.99. The van der Waals surface area contributed by atoms with Crippen LogP contribution in [0.3, 0.4) is 0 Å². The molecule has 0 aliphatic heterocycles. The summed E-state index contributed by atoms with van der Waals surface area (Å²) in [7, 11) is 0. The van der Waals surface area contributed by atoms with Crippen LogP contribution in [0.5, 0.6) is 0 Å². The lowest BCUT2D eigenvalue weighted by molar-refractivity contribution is -0.152. The second-order valence-electron chi connectivity index (χ2n) is 5.19. The highest BCUT2D eigenvalue weighted by Gasteiger charge is 2.33. The maximum absolute atomic E-state index is 11.9. The predicted octanol–water partition coefficient (Wildman–Crippen LogP) is 1.60. The molecule has 0 saturated heterocycles. The van der Waals surface area contributed by atoms with E-state index in [1.54, 1.807) is 39.1 Å². The first kappa shape index (κ1) is 15.7. The molecule has 1 aromatic heterocycles. The molecule has 0 spiro atoms. The van der Waals surface area contributed by atoms with Crippen LogP contribution in [0, 0.1) is 0 Å². The fourth-order valence-electron chi connectivity index (χ4n) is 1.44. The number of carbonyl (C=O) groups is 2. The Kier molecular flexibility index (Phi) is 5.29. The van der Waals surface area contributed by atoms with Gasteiger partial charge in [0.2, 0.25) is 0 Å². The van der Waals surface area contributed by atoms with E-state index >= 15 is 0 Å². The minimum atomic E-state index is -0.925. The normalized spacial score (nSPS) is 10.6. The molecular formula is C14H17N3O3. The van der Waals surface area contributed by atoms with Crippen molar-refractivity contribution in [1.29, 1.82) is 0 Å². The summed E-state index contributed by atoms with van der Waals surface area (Å²) < 4.78 is 5.00. The van der Waals surface area contributed by atoms with E-state index in [0.29, 0.717) is 6.42 Å². The monoisotopic (exact) mass is 275 g/mol. The number of pyridine rings is 1. The largest absolute Gasteiger partial charge is 0.451 e. The van der Waals surface area contributed by atoms with Crippen molar-refractivity contribution in [2.75, 3.05) is 0 Å². The Labute approximate surface area is 117 Å². The van der Waals surface area contributed by atoms with E-state index in [1.807, 2.05) is 6.07 Å². The molecule has 0 aromatic carbocycles. The lowest BCUT2D eigenvalue weighted by atomic mass is 10.1. The van der Waals surface area contributed by atoms with Crippen molar-refractivity contribution >= 4 is 17.5 Å². The summed E-state index contributed by atoms with van der Waals surface area (Å²) in [6, 6.07) is 5.35. The number of Topliss-reactive ketones (excluding diaryl/α,β-unsaturated/α-hetero) is 1. The molecule has 106 valence electrons. The molecular weight excluding hydrogens is 258 g/mol. The van der Waals surface area contributed by atoms with Gasteiger partial charge in [-0.05, 0) is 39.3 Å². The molecule has 1 rings (SSSR count). The third-order valence-corrected chi connectivity index (χ3v) is 2.29. The number of esters is 1. The lowest BCUT2D eigenvalue weighted by Crippen LogP contribution is -2.34. The van der Waals surface area contributed by atoms with Crippen molar-refractivity contribution < 1.29 is 19.1 Å². The predicted molar refractivity (Wildman–Crippen MR) is 72.0 cm³/mol. The number of carbonyl (C=O) groups excluding carboxylic acids is 2. The van der Waals surface area contributed by atoms with E-state index < -0.39 is 23.1 Å². The molecule has 0 N–H and O–H groups in total. The van der Waals surface area contributed by atoms with E-state index in [1.165, 1.54) is 0 Å². The van der Waals surface area contributed by atoms with Gasteiger partial charge in [-0.15, -0.1) is 0 Å². The Morgan fingerprint density at radius 2 is 2.05 bits per heavy atom. The Bertz CT molecular complexity index is 541. The molecule has 1 heterocycles. The quantitative estimate of drug-likeness (QED) is 0.268. The molecule has 0 aliphatic rings. The summed E-state index contributed by atoms with van der Waals surface area (Å²) in [5.41, 5.74) is 8.19. The number of aromatic nitrogens is 1. The first-order valence-electron chi connectivity index (χ1n) is 6.22. The molecule has 6 nitrogen and oxygen atoms in total. The summed E-state index contributed by atoms with van der Waals surface area (Å²) in [5.74, 6) is -1.50. The number of ketones is 1. The Balaban J connectivity index is 2.65. The van der Waals surface area contributed by atoms with Gasteiger partial charge in [-0.3, -0.25) is 9.78 Å². The van der Waals surface area contributed by atoms with Crippen LogP contribution in [0.1, 0.15) is 32.9 Å². The van der Waals surface area contributed by atoms with Crippen molar-refractivity contribution in [2.45, 2.75) is 39.2 Å². The number of hydrogen-bond donors (Lipinski definition) is 0. The van der Waals surface area contributed by atoms with Gasteiger partial charge in [-0.25, -0.2) is 4.79 Å². The van der Waals surface area contributed by atoms with Crippen LogP contribution in [0.15, 0.2) is 24.4 Å². The SMILES string of the molecule is CC(C)(C)OC(=O)C(=[N+]=[N-])C(=O)CCc1ccccn1. The molecule has 0 fully saturated rings. The topological polar surface area (TPSA) is 92.7 Å². The van der Waals surface area contributed by atoms with Crippen molar-refractivity contribution in [3.8, 4) is 0 Å². The molecule has 20 heavy (non-hydrogen) atoms. The molecule has 0 atom stereocenters. The van der Waals surface area contributed by atoms with E-state index in [2.05, 4.69) is 9.77 Å². The third kappa shape index (κ3) is 5.12. The maximum Gasteiger partial charge on any atom is 0.441 e.